The number of aromatic nitrogens is 1. The van der Waals surface area contributed by atoms with Gasteiger partial charge in [0.25, 0.3) is 0 Å². The van der Waals surface area contributed by atoms with Crippen molar-refractivity contribution < 1.29 is 4.79 Å². The molecule has 1 amide bonds. The van der Waals surface area contributed by atoms with Crippen molar-refractivity contribution in [1.82, 2.24) is 4.98 Å². The molecule has 1 heterocycles. The largest absolute Gasteiger partial charge is 0.326 e. The molecule has 1 unspecified atom stereocenters. The Morgan fingerprint density at radius 1 is 1.48 bits per heavy atom. The molecule has 108 valence electrons. The standard InChI is InChI=1S/C17H18N2OS/c1-12-18-16(11-21-12)14-7-4-8-15(10-14)19-17(20)9-13-5-2-3-6-13/h2,4-5,7-8,10-11,13H,3,6,9H2,1H3,(H,19,20). The van der Waals surface area contributed by atoms with Crippen molar-refractivity contribution in [1.29, 1.82) is 0 Å². The van der Waals surface area contributed by atoms with E-state index in [9.17, 15) is 4.79 Å². The van der Waals surface area contributed by atoms with E-state index in [0.717, 1.165) is 34.8 Å². The summed E-state index contributed by atoms with van der Waals surface area (Å²) in [7, 11) is 0. The molecule has 1 atom stereocenters. The number of carbonyl (C=O) groups is 1. The summed E-state index contributed by atoms with van der Waals surface area (Å²) in [6.07, 6.45) is 7.05. The van der Waals surface area contributed by atoms with Gasteiger partial charge in [0.15, 0.2) is 0 Å². The van der Waals surface area contributed by atoms with E-state index in [2.05, 4.69) is 22.5 Å². The summed E-state index contributed by atoms with van der Waals surface area (Å²) in [6.45, 7) is 1.99. The van der Waals surface area contributed by atoms with Gasteiger partial charge < -0.3 is 5.32 Å². The summed E-state index contributed by atoms with van der Waals surface area (Å²) in [5.74, 6) is 0.479. The second-order valence-electron chi connectivity index (χ2n) is 5.35. The number of nitrogens with one attached hydrogen (secondary N) is 1. The average molecular weight is 298 g/mol. The van der Waals surface area contributed by atoms with Gasteiger partial charge in [0.2, 0.25) is 5.91 Å². The highest BCUT2D eigenvalue weighted by atomic mass is 32.1. The number of hydrogen-bond acceptors (Lipinski definition) is 3. The summed E-state index contributed by atoms with van der Waals surface area (Å²) < 4.78 is 0. The van der Waals surface area contributed by atoms with Crippen LogP contribution < -0.4 is 5.32 Å². The maximum absolute atomic E-state index is 12.1. The number of carbonyl (C=O) groups excluding carboxylic acids is 1. The van der Waals surface area contributed by atoms with Crippen LogP contribution in [0, 0.1) is 12.8 Å². The van der Waals surface area contributed by atoms with Gasteiger partial charge >= 0.3 is 0 Å². The first-order chi connectivity index (χ1) is 10.2. The maximum atomic E-state index is 12.1. The monoisotopic (exact) mass is 298 g/mol. The van der Waals surface area contributed by atoms with E-state index >= 15 is 0 Å². The molecule has 0 spiro atoms. The first kappa shape index (κ1) is 14.0. The van der Waals surface area contributed by atoms with Crippen LogP contribution in [0.15, 0.2) is 41.8 Å². The fourth-order valence-electron chi connectivity index (χ4n) is 2.57. The van der Waals surface area contributed by atoms with Crippen molar-refractivity contribution in [3.05, 3.63) is 46.8 Å². The number of anilines is 1. The Kier molecular flexibility index (Phi) is 4.15. The topological polar surface area (TPSA) is 42.0 Å². The van der Waals surface area contributed by atoms with Crippen LogP contribution in [-0.2, 0) is 4.79 Å². The number of aryl methyl sites for hydroxylation is 1. The van der Waals surface area contributed by atoms with E-state index in [0.29, 0.717) is 12.3 Å². The third-order valence-electron chi connectivity index (χ3n) is 3.62. The van der Waals surface area contributed by atoms with Gasteiger partial charge in [0.1, 0.15) is 0 Å². The van der Waals surface area contributed by atoms with Crippen LogP contribution in [0.5, 0.6) is 0 Å². The number of allylic oxidation sites excluding steroid dienone is 2. The van der Waals surface area contributed by atoms with Crippen molar-refractivity contribution in [2.45, 2.75) is 26.2 Å². The lowest BCUT2D eigenvalue weighted by Gasteiger charge is -2.09. The number of benzene rings is 1. The third-order valence-corrected chi connectivity index (χ3v) is 4.39. The molecule has 1 N–H and O–H groups in total. The Morgan fingerprint density at radius 2 is 2.38 bits per heavy atom. The zero-order valence-electron chi connectivity index (χ0n) is 12.0. The summed E-state index contributed by atoms with van der Waals surface area (Å²) in [5.41, 5.74) is 2.84. The number of rotatable bonds is 4. The van der Waals surface area contributed by atoms with Crippen molar-refractivity contribution >= 4 is 22.9 Å². The Bertz CT molecular complexity index is 675. The SMILES string of the molecule is Cc1nc(-c2cccc(NC(=O)CC3C=CCC3)c2)cs1. The lowest BCUT2D eigenvalue weighted by atomic mass is 10.0. The summed E-state index contributed by atoms with van der Waals surface area (Å²) >= 11 is 1.63. The normalized spacial score (nSPS) is 17.1. The van der Waals surface area contributed by atoms with Gasteiger partial charge in [0, 0.05) is 23.1 Å². The lowest BCUT2D eigenvalue weighted by molar-refractivity contribution is -0.116. The molecule has 2 aromatic rings. The van der Waals surface area contributed by atoms with Gasteiger partial charge in [-0.3, -0.25) is 4.79 Å². The molecular formula is C17H18N2OS. The molecule has 3 nitrogen and oxygen atoms in total. The van der Waals surface area contributed by atoms with Gasteiger partial charge in [-0.15, -0.1) is 11.3 Å². The maximum Gasteiger partial charge on any atom is 0.224 e. The number of thiazole rings is 1. The second kappa shape index (κ2) is 6.22. The van der Waals surface area contributed by atoms with Crippen LogP contribution >= 0.6 is 11.3 Å². The van der Waals surface area contributed by atoms with E-state index in [-0.39, 0.29) is 5.91 Å². The minimum absolute atomic E-state index is 0.0816. The van der Waals surface area contributed by atoms with Crippen LogP contribution in [0.3, 0.4) is 0 Å². The van der Waals surface area contributed by atoms with Crippen molar-refractivity contribution in [3.63, 3.8) is 0 Å². The van der Waals surface area contributed by atoms with E-state index in [1.165, 1.54) is 0 Å². The third kappa shape index (κ3) is 3.58. The van der Waals surface area contributed by atoms with E-state index in [4.69, 9.17) is 0 Å². The predicted octanol–water partition coefficient (Wildman–Crippen LogP) is 4.41. The smallest absolute Gasteiger partial charge is 0.224 e. The molecule has 0 saturated carbocycles. The molecular weight excluding hydrogens is 280 g/mol. The van der Waals surface area contributed by atoms with Crippen molar-refractivity contribution in [2.24, 2.45) is 5.92 Å². The fraction of sp³-hybridized carbons (Fsp3) is 0.294. The summed E-state index contributed by atoms with van der Waals surface area (Å²) in [4.78, 5) is 16.5. The molecule has 4 heteroatoms. The molecule has 0 saturated heterocycles. The zero-order chi connectivity index (χ0) is 14.7. The molecule has 3 rings (SSSR count). The Hall–Kier alpha value is -1.94. The lowest BCUT2D eigenvalue weighted by Crippen LogP contribution is -2.14. The molecule has 1 aliphatic rings. The molecule has 0 bridgehead atoms. The Balaban J connectivity index is 1.68. The van der Waals surface area contributed by atoms with Crippen molar-refractivity contribution in [2.75, 3.05) is 5.32 Å². The summed E-state index contributed by atoms with van der Waals surface area (Å²) in [6, 6.07) is 7.88. The highest BCUT2D eigenvalue weighted by Gasteiger charge is 2.14. The number of hydrogen-bond donors (Lipinski definition) is 1. The molecule has 0 aliphatic heterocycles. The molecule has 0 fully saturated rings. The Morgan fingerprint density at radius 3 is 3.10 bits per heavy atom. The van der Waals surface area contributed by atoms with Gasteiger partial charge in [-0.25, -0.2) is 4.98 Å². The highest BCUT2D eigenvalue weighted by molar-refractivity contribution is 7.09. The number of amides is 1. The highest BCUT2D eigenvalue weighted by Crippen LogP contribution is 2.25. The van der Waals surface area contributed by atoms with Gasteiger partial charge in [-0.1, -0.05) is 24.3 Å². The van der Waals surface area contributed by atoms with Gasteiger partial charge in [-0.2, -0.15) is 0 Å². The van der Waals surface area contributed by atoms with E-state index in [1.54, 1.807) is 11.3 Å². The minimum Gasteiger partial charge on any atom is -0.326 e. The van der Waals surface area contributed by atoms with Gasteiger partial charge in [-0.05, 0) is 37.8 Å². The predicted molar refractivity (Wildman–Crippen MR) is 87.4 cm³/mol. The molecule has 1 aliphatic carbocycles. The van der Waals surface area contributed by atoms with E-state index < -0.39 is 0 Å². The minimum atomic E-state index is 0.0816. The molecule has 1 aromatic carbocycles. The number of nitrogens with zero attached hydrogens (tertiary/aromatic N) is 1. The molecule has 21 heavy (non-hydrogen) atoms. The fourth-order valence-corrected chi connectivity index (χ4v) is 3.19. The average Bonchev–Trinajstić information content (AvgIpc) is 3.10. The first-order valence-corrected chi connectivity index (χ1v) is 8.08. The molecule has 1 aromatic heterocycles. The molecule has 0 radical (unpaired) electrons. The quantitative estimate of drug-likeness (QED) is 0.849. The zero-order valence-corrected chi connectivity index (χ0v) is 12.8. The second-order valence-corrected chi connectivity index (χ2v) is 6.41. The summed E-state index contributed by atoms with van der Waals surface area (Å²) in [5, 5.41) is 6.08. The van der Waals surface area contributed by atoms with Crippen LogP contribution in [0.25, 0.3) is 11.3 Å². The van der Waals surface area contributed by atoms with E-state index in [1.807, 2.05) is 36.6 Å². The van der Waals surface area contributed by atoms with Gasteiger partial charge in [0.05, 0.1) is 10.7 Å². The van der Waals surface area contributed by atoms with Crippen LogP contribution in [0.4, 0.5) is 5.69 Å². The Labute approximate surface area is 128 Å². The van der Waals surface area contributed by atoms with Crippen molar-refractivity contribution in [3.8, 4) is 11.3 Å². The van der Waals surface area contributed by atoms with Crippen LogP contribution in [0.1, 0.15) is 24.3 Å². The van der Waals surface area contributed by atoms with Crippen LogP contribution in [0.2, 0.25) is 0 Å². The first-order valence-electron chi connectivity index (χ1n) is 7.20. The van der Waals surface area contributed by atoms with Crippen LogP contribution in [-0.4, -0.2) is 10.9 Å².